The van der Waals surface area contributed by atoms with Crippen molar-refractivity contribution in [1.82, 2.24) is 9.55 Å². The highest BCUT2D eigenvalue weighted by Crippen LogP contribution is 2.28. The molecule has 0 aliphatic carbocycles. The molecule has 1 saturated heterocycles. The number of aliphatic carboxylic acids is 1. The molecule has 0 aromatic carbocycles. The van der Waals surface area contributed by atoms with Crippen LogP contribution in [0.15, 0.2) is 17.2 Å². The number of alkyl halides is 2. The van der Waals surface area contributed by atoms with Crippen LogP contribution < -0.4 is 10.5 Å². The summed E-state index contributed by atoms with van der Waals surface area (Å²) in [6, 6.07) is 0. The summed E-state index contributed by atoms with van der Waals surface area (Å²) >= 11 is 0. The second-order valence-corrected chi connectivity index (χ2v) is 4.11. The molecule has 0 amide bonds. The normalized spacial score (nSPS) is 18.0. The maximum atomic E-state index is 13.1. The Hall–Kier alpha value is -1.99. The van der Waals surface area contributed by atoms with Crippen LogP contribution in [0.2, 0.25) is 0 Å². The molecule has 18 heavy (non-hydrogen) atoms. The maximum Gasteiger partial charge on any atom is 0.323 e. The number of nitrogens with zero attached hydrogens (tertiary/aromatic N) is 3. The monoisotopic (exact) mass is 259 g/mol. The minimum atomic E-state index is -2.83. The molecule has 2 heterocycles. The first kappa shape index (κ1) is 12.5. The topological polar surface area (TPSA) is 75.4 Å². The smallest absolute Gasteiger partial charge is 0.323 e. The molecule has 0 spiro atoms. The Bertz CT molecular complexity index is 529. The highest BCUT2D eigenvalue weighted by atomic mass is 19.3. The van der Waals surface area contributed by atoms with Gasteiger partial charge in [-0.05, 0) is 0 Å². The van der Waals surface area contributed by atoms with Crippen LogP contribution in [0.3, 0.4) is 0 Å². The molecule has 98 valence electrons. The zero-order chi connectivity index (χ0) is 13.3. The van der Waals surface area contributed by atoms with E-state index in [0.717, 1.165) is 4.57 Å². The minimum absolute atomic E-state index is 0.0341. The second-order valence-electron chi connectivity index (χ2n) is 4.11. The third-order valence-corrected chi connectivity index (χ3v) is 2.67. The van der Waals surface area contributed by atoms with Gasteiger partial charge in [0.05, 0.1) is 6.54 Å². The SMILES string of the molecule is O=C(O)Cn1ccnc(N2CCC(F)(F)C2)c1=O. The molecule has 6 nitrogen and oxygen atoms in total. The number of rotatable bonds is 3. The number of hydrogen-bond donors (Lipinski definition) is 1. The average Bonchev–Trinajstić information content (AvgIpc) is 2.61. The minimum Gasteiger partial charge on any atom is -0.480 e. The molecule has 1 N–H and O–H groups in total. The molecule has 1 aromatic heterocycles. The molecule has 0 atom stereocenters. The van der Waals surface area contributed by atoms with Crippen LogP contribution in [-0.4, -0.2) is 39.6 Å². The van der Waals surface area contributed by atoms with Crippen molar-refractivity contribution in [3.8, 4) is 0 Å². The summed E-state index contributed by atoms with van der Waals surface area (Å²) < 4.78 is 27.0. The summed E-state index contributed by atoms with van der Waals surface area (Å²) in [5.74, 6) is -4.14. The molecule has 1 aliphatic rings. The Morgan fingerprint density at radius 2 is 2.28 bits per heavy atom. The number of carboxylic acid groups (broad SMARTS) is 1. The van der Waals surface area contributed by atoms with Gasteiger partial charge in [0.25, 0.3) is 11.5 Å². The van der Waals surface area contributed by atoms with Gasteiger partial charge in [-0.1, -0.05) is 0 Å². The summed E-state index contributed by atoms with van der Waals surface area (Å²) in [5, 5.41) is 8.62. The summed E-state index contributed by atoms with van der Waals surface area (Å²) in [7, 11) is 0. The average molecular weight is 259 g/mol. The number of hydrogen-bond acceptors (Lipinski definition) is 4. The molecular weight excluding hydrogens is 248 g/mol. The van der Waals surface area contributed by atoms with Gasteiger partial charge in [-0.2, -0.15) is 0 Å². The summed E-state index contributed by atoms with van der Waals surface area (Å²) in [4.78, 5) is 27.3. The fourth-order valence-electron chi connectivity index (χ4n) is 1.84. The Morgan fingerprint density at radius 3 is 2.83 bits per heavy atom. The van der Waals surface area contributed by atoms with E-state index in [4.69, 9.17) is 5.11 Å². The van der Waals surface area contributed by atoms with Crippen molar-refractivity contribution in [3.05, 3.63) is 22.7 Å². The van der Waals surface area contributed by atoms with Crippen molar-refractivity contribution in [1.29, 1.82) is 0 Å². The Labute approximate surface area is 100 Å². The van der Waals surface area contributed by atoms with Crippen molar-refractivity contribution < 1.29 is 18.7 Å². The van der Waals surface area contributed by atoms with E-state index >= 15 is 0 Å². The van der Waals surface area contributed by atoms with Gasteiger partial charge >= 0.3 is 5.97 Å². The summed E-state index contributed by atoms with van der Waals surface area (Å²) in [6.07, 6.45) is 2.12. The summed E-state index contributed by atoms with van der Waals surface area (Å²) in [6.45, 7) is -1.04. The lowest BCUT2D eigenvalue weighted by Gasteiger charge is -2.16. The summed E-state index contributed by atoms with van der Waals surface area (Å²) in [5.41, 5.74) is -0.669. The third-order valence-electron chi connectivity index (χ3n) is 2.67. The van der Waals surface area contributed by atoms with E-state index in [9.17, 15) is 18.4 Å². The molecule has 1 fully saturated rings. The van der Waals surface area contributed by atoms with Crippen LogP contribution >= 0.6 is 0 Å². The third kappa shape index (κ3) is 2.47. The maximum absolute atomic E-state index is 13.1. The van der Waals surface area contributed by atoms with Gasteiger partial charge in [0.15, 0.2) is 5.82 Å². The quantitative estimate of drug-likeness (QED) is 0.837. The van der Waals surface area contributed by atoms with Crippen LogP contribution in [0.5, 0.6) is 0 Å². The van der Waals surface area contributed by atoms with E-state index in [1.54, 1.807) is 0 Å². The van der Waals surface area contributed by atoms with Gasteiger partial charge in [0, 0.05) is 25.4 Å². The Balaban J connectivity index is 2.30. The zero-order valence-corrected chi connectivity index (χ0v) is 9.34. The van der Waals surface area contributed by atoms with Crippen molar-refractivity contribution in [2.24, 2.45) is 0 Å². The lowest BCUT2D eigenvalue weighted by atomic mass is 10.3. The molecule has 1 aliphatic heterocycles. The van der Waals surface area contributed by atoms with Crippen LogP contribution in [0, 0.1) is 0 Å². The molecule has 8 heteroatoms. The number of anilines is 1. The molecule has 0 radical (unpaired) electrons. The Kier molecular flexibility index (Phi) is 3.02. The van der Waals surface area contributed by atoms with Crippen molar-refractivity contribution in [3.63, 3.8) is 0 Å². The predicted molar refractivity (Wildman–Crippen MR) is 57.9 cm³/mol. The van der Waals surface area contributed by atoms with E-state index in [1.807, 2.05) is 0 Å². The first-order valence-electron chi connectivity index (χ1n) is 5.29. The van der Waals surface area contributed by atoms with E-state index in [1.165, 1.54) is 17.3 Å². The van der Waals surface area contributed by atoms with Gasteiger partial charge in [-0.3, -0.25) is 14.2 Å². The molecule has 1 aromatic rings. The van der Waals surface area contributed by atoms with Crippen molar-refractivity contribution in [2.75, 3.05) is 18.0 Å². The van der Waals surface area contributed by atoms with Crippen LogP contribution in [0.25, 0.3) is 0 Å². The first-order chi connectivity index (χ1) is 8.39. The van der Waals surface area contributed by atoms with Gasteiger partial charge < -0.3 is 10.0 Å². The van der Waals surface area contributed by atoms with Crippen LogP contribution in [0.1, 0.15) is 6.42 Å². The lowest BCUT2D eigenvalue weighted by Crippen LogP contribution is -2.34. The largest absolute Gasteiger partial charge is 0.480 e. The van der Waals surface area contributed by atoms with Crippen LogP contribution in [-0.2, 0) is 11.3 Å². The van der Waals surface area contributed by atoms with Gasteiger partial charge in [0.1, 0.15) is 6.54 Å². The van der Waals surface area contributed by atoms with Crippen LogP contribution in [0.4, 0.5) is 14.6 Å². The number of carbonyl (C=O) groups is 1. The Morgan fingerprint density at radius 1 is 1.56 bits per heavy atom. The van der Waals surface area contributed by atoms with E-state index in [2.05, 4.69) is 4.98 Å². The molecule has 0 saturated carbocycles. The molecule has 0 unspecified atom stereocenters. The number of carboxylic acids is 1. The van der Waals surface area contributed by atoms with E-state index in [-0.39, 0.29) is 18.8 Å². The fraction of sp³-hybridized carbons (Fsp3) is 0.500. The standard InChI is InChI=1S/C10H11F2N3O3/c11-10(12)1-3-15(6-10)8-9(18)14(4-2-13-8)5-7(16)17/h2,4H,1,3,5-6H2,(H,16,17). The first-order valence-corrected chi connectivity index (χ1v) is 5.29. The van der Waals surface area contributed by atoms with Gasteiger partial charge in [-0.15, -0.1) is 0 Å². The highest BCUT2D eigenvalue weighted by Gasteiger charge is 2.39. The highest BCUT2D eigenvalue weighted by molar-refractivity contribution is 5.66. The van der Waals surface area contributed by atoms with Crippen molar-refractivity contribution >= 4 is 11.8 Å². The lowest BCUT2D eigenvalue weighted by molar-refractivity contribution is -0.137. The van der Waals surface area contributed by atoms with E-state index in [0.29, 0.717) is 0 Å². The molecular formula is C10H11F2N3O3. The van der Waals surface area contributed by atoms with Crippen molar-refractivity contribution in [2.45, 2.75) is 18.9 Å². The second kappa shape index (κ2) is 4.35. The molecule has 0 bridgehead atoms. The van der Waals surface area contributed by atoms with E-state index < -0.39 is 30.5 Å². The van der Waals surface area contributed by atoms with Gasteiger partial charge in [0.2, 0.25) is 0 Å². The van der Waals surface area contributed by atoms with Gasteiger partial charge in [-0.25, -0.2) is 13.8 Å². The molecule has 2 rings (SSSR count). The fourth-order valence-corrected chi connectivity index (χ4v) is 1.84. The number of aromatic nitrogens is 2. The zero-order valence-electron chi connectivity index (χ0n) is 9.34. The number of halogens is 2. The predicted octanol–water partition coefficient (Wildman–Crippen LogP) is 0.173.